The van der Waals surface area contributed by atoms with Crippen molar-refractivity contribution in [2.75, 3.05) is 53.5 Å². The van der Waals surface area contributed by atoms with Gasteiger partial charge in [0.2, 0.25) is 0 Å². The molecule has 0 saturated carbocycles. The molecule has 2 aliphatic heterocycles. The predicted octanol–water partition coefficient (Wildman–Crippen LogP) is 3.02. The number of carbonyl (C=O) groups is 1. The van der Waals surface area contributed by atoms with Gasteiger partial charge in [-0.15, -0.1) is 0 Å². The molecular weight excluding hydrogens is 404 g/mol. The number of benzene rings is 2. The Morgan fingerprint density at radius 2 is 1.47 bits per heavy atom. The molecule has 1 saturated heterocycles. The fourth-order valence-corrected chi connectivity index (χ4v) is 4.31. The molecule has 2 aliphatic rings. The Labute approximate surface area is 190 Å². The molecule has 2 aromatic rings. The van der Waals surface area contributed by atoms with Crippen molar-refractivity contribution in [2.24, 2.45) is 5.10 Å². The molecule has 7 heteroatoms. The quantitative estimate of drug-likeness (QED) is 0.668. The van der Waals surface area contributed by atoms with E-state index in [1.165, 1.54) is 0 Å². The molecule has 4 rings (SSSR count). The molecule has 2 aromatic carbocycles. The van der Waals surface area contributed by atoms with Crippen LogP contribution in [0.15, 0.2) is 53.6 Å². The summed E-state index contributed by atoms with van der Waals surface area (Å²) in [7, 11) is 3.31. The van der Waals surface area contributed by atoms with Crippen LogP contribution in [0.5, 0.6) is 11.5 Å². The van der Waals surface area contributed by atoms with E-state index in [2.05, 4.69) is 16.7 Å². The summed E-state index contributed by atoms with van der Waals surface area (Å²) in [5, 5.41) is 6.49. The Bertz CT molecular complexity index is 935. The minimum atomic E-state index is -0.123. The second-order valence-corrected chi connectivity index (χ2v) is 8.22. The van der Waals surface area contributed by atoms with Crippen molar-refractivity contribution >= 4 is 11.6 Å². The van der Waals surface area contributed by atoms with Gasteiger partial charge in [0.05, 0.1) is 32.5 Å². The highest BCUT2D eigenvalue weighted by atomic mass is 16.5. The number of methoxy groups -OCH3 is 2. The van der Waals surface area contributed by atoms with Crippen molar-refractivity contribution in [3.8, 4) is 11.5 Å². The summed E-state index contributed by atoms with van der Waals surface area (Å²) in [4.78, 5) is 18.0. The largest absolute Gasteiger partial charge is 0.497 e. The Morgan fingerprint density at radius 1 is 0.906 bits per heavy atom. The van der Waals surface area contributed by atoms with Gasteiger partial charge in [-0.2, -0.15) is 5.10 Å². The fourth-order valence-electron chi connectivity index (χ4n) is 4.31. The molecule has 170 valence electrons. The lowest BCUT2D eigenvalue weighted by Crippen LogP contribution is -2.49. The summed E-state index contributed by atoms with van der Waals surface area (Å²) >= 11 is 0. The summed E-state index contributed by atoms with van der Waals surface area (Å²) in [6, 6.07) is 15.7. The van der Waals surface area contributed by atoms with Crippen LogP contribution in [-0.2, 0) is 4.79 Å². The summed E-state index contributed by atoms with van der Waals surface area (Å²) < 4.78 is 10.6. The number of nitrogens with zero attached hydrogens (tertiary/aromatic N) is 4. The lowest BCUT2D eigenvalue weighted by molar-refractivity contribution is -0.134. The van der Waals surface area contributed by atoms with Gasteiger partial charge in [-0.25, -0.2) is 5.01 Å². The first-order valence-electron chi connectivity index (χ1n) is 11.2. The molecule has 0 N–H and O–H groups in total. The van der Waals surface area contributed by atoms with Crippen LogP contribution in [0, 0.1) is 0 Å². The van der Waals surface area contributed by atoms with E-state index in [0.717, 1.165) is 61.1 Å². The van der Waals surface area contributed by atoms with Crippen molar-refractivity contribution in [2.45, 2.75) is 19.4 Å². The summed E-state index contributed by atoms with van der Waals surface area (Å²) in [5.41, 5.74) is 2.98. The van der Waals surface area contributed by atoms with Crippen molar-refractivity contribution < 1.29 is 14.3 Å². The second-order valence-electron chi connectivity index (χ2n) is 8.22. The minimum absolute atomic E-state index is 0.0410. The molecular formula is C25H32N4O3. The van der Waals surface area contributed by atoms with Gasteiger partial charge in [0.25, 0.3) is 5.91 Å². The zero-order chi connectivity index (χ0) is 22.5. The lowest BCUT2D eigenvalue weighted by Gasteiger charge is -2.34. The van der Waals surface area contributed by atoms with Gasteiger partial charge < -0.3 is 14.4 Å². The van der Waals surface area contributed by atoms with E-state index in [9.17, 15) is 4.79 Å². The average Bonchev–Trinajstić information content (AvgIpc) is 3.30. The SMILES string of the molecule is CCN1CCN(CC(=O)N2N=C(c3ccc(OC)cc3)C[C@H]2c2ccc(OC)cc2)CC1. The van der Waals surface area contributed by atoms with Crippen molar-refractivity contribution in [3.63, 3.8) is 0 Å². The van der Waals surface area contributed by atoms with Crippen LogP contribution in [0.3, 0.4) is 0 Å². The van der Waals surface area contributed by atoms with Gasteiger partial charge in [0.15, 0.2) is 0 Å². The predicted molar refractivity (Wildman–Crippen MR) is 125 cm³/mol. The number of carbonyl (C=O) groups excluding carboxylic acids is 1. The third-order valence-corrected chi connectivity index (χ3v) is 6.36. The second kappa shape index (κ2) is 10.1. The van der Waals surface area contributed by atoms with Crippen LogP contribution in [0.25, 0.3) is 0 Å². The zero-order valence-corrected chi connectivity index (χ0v) is 19.2. The summed E-state index contributed by atoms with van der Waals surface area (Å²) in [5.74, 6) is 1.65. The molecule has 0 aromatic heterocycles. The van der Waals surface area contributed by atoms with Crippen molar-refractivity contribution in [3.05, 3.63) is 59.7 Å². The standard InChI is InChI=1S/C25H32N4O3/c1-4-27-13-15-28(16-14-27)18-25(30)29-24(20-7-11-22(32-3)12-8-20)17-23(26-29)19-5-9-21(31-2)10-6-19/h5-12,24H,4,13-18H2,1-3H3/t24-/m0/s1. The van der Waals surface area contributed by atoms with Crippen LogP contribution in [0.2, 0.25) is 0 Å². The fraction of sp³-hybridized carbons (Fsp3) is 0.440. The number of rotatable bonds is 7. The molecule has 1 amide bonds. The maximum absolute atomic E-state index is 13.4. The van der Waals surface area contributed by atoms with E-state index < -0.39 is 0 Å². The highest BCUT2D eigenvalue weighted by molar-refractivity contribution is 6.03. The molecule has 7 nitrogen and oxygen atoms in total. The van der Waals surface area contributed by atoms with Crippen LogP contribution in [0.4, 0.5) is 0 Å². The van der Waals surface area contributed by atoms with Gasteiger partial charge in [-0.1, -0.05) is 19.1 Å². The number of hydrazone groups is 1. The van der Waals surface area contributed by atoms with E-state index in [1.807, 2.05) is 48.5 Å². The maximum Gasteiger partial charge on any atom is 0.257 e. The van der Waals surface area contributed by atoms with Crippen molar-refractivity contribution in [1.29, 1.82) is 0 Å². The van der Waals surface area contributed by atoms with Gasteiger partial charge in [0.1, 0.15) is 11.5 Å². The van der Waals surface area contributed by atoms with Crippen LogP contribution in [-0.4, -0.2) is 79.9 Å². The molecule has 0 radical (unpaired) electrons. The topological polar surface area (TPSA) is 57.6 Å². The number of ether oxygens (including phenoxy) is 2. The van der Waals surface area contributed by atoms with Crippen LogP contribution < -0.4 is 9.47 Å². The maximum atomic E-state index is 13.4. The van der Waals surface area contributed by atoms with Crippen LogP contribution in [0.1, 0.15) is 30.5 Å². The first-order valence-corrected chi connectivity index (χ1v) is 11.2. The molecule has 32 heavy (non-hydrogen) atoms. The number of hydrogen-bond donors (Lipinski definition) is 0. The van der Waals surface area contributed by atoms with E-state index in [1.54, 1.807) is 19.2 Å². The Hall–Kier alpha value is -2.90. The van der Waals surface area contributed by atoms with E-state index >= 15 is 0 Å². The molecule has 0 spiro atoms. The first-order chi connectivity index (χ1) is 15.6. The number of amides is 1. The molecule has 0 bridgehead atoms. The number of piperazine rings is 1. The van der Waals surface area contributed by atoms with Gasteiger partial charge in [-0.05, 0) is 54.1 Å². The third kappa shape index (κ3) is 4.95. The lowest BCUT2D eigenvalue weighted by atomic mass is 9.98. The van der Waals surface area contributed by atoms with Gasteiger partial charge >= 0.3 is 0 Å². The Morgan fingerprint density at radius 3 is 2.03 bits per heavy atom. The smallest absolute Gasteiger partial charge is 0.257 e. The minimum Gasteiger partial charge on any atom is -0.497 e. The van der Waals surface area contributed by atoms with E-state index in [4.69, 9.17) is 14.6 Å². The van der Waals surface area contributed by atoms with Gasteiger partial charge in [-0.3, -0.25) is 9.69 Å². The zero-order valence-electron chi connectivity index (χ0n) is 19.2. The first kappa shape index (κ1) is 22.3. The molecule has 1 atom stereocenters. The third-order valence-electron chi connectivity index (χ3n) is 6.36. The molecule has 0 aliphatic carbocycles. The monoisotopic (exact) mass is 436 g/mol. The normalized spacial score (nSPS) is 19.7. The van der Waals surface area contributed by atoms with Gasteiger partial charge in [0, 0.05) is 32.6 Å². The molecule has 1 fully saturated rings. The number of hydrogen-bond acceptors (Lipinski definition) is 6. The molecule has 0 unspecified atom stereocenters. The van der Waals surface area contributed by atoms with E-state index in [0.29, 0.717) is 13.0 Å². The Kier molecular flexibility index (Phi) is 7.07. The average molecular weight is 437 g/mol. The highest BCUT2D eigenvalue weighted by Crippen LogP contribution is 2.34. The molecule has 2 heterocycles. The Balaban J connectivity index is 1.54. The van der Waals surface area contributed by atoms with Crippen molar-refractivity contribution in [1.82, 2.24) is 14.8 Å². The highest BCUT2D eigenvalue weighted by Gasteiger charge is 2.34. The van der Waals surface area contributed by atoms with Crippen LogP contribution >= 0.6 is 0 Å². The number of likely N-dealkylation sites (N-methyl/N-ethyl adjacent to an activating group) is 1. The summed E-state index contributed by atoms with van der Waals surface area (Å²) in [6.45, 7) is 7.47. The summed E-state index contributed by atoms with van der Waals surface area (Å²) in [6.07, 6.45) is 0.675. The van der Waals surface area contributed by atoms with E-state index in [-0.39, 0.29) is 11.9 Å².